The van der Waals surface area contributed by atoms with E-state index in [0.717, 1.165) is 76.4 Å². The zero-order valence-electron chi connectivity index (χ0n) is 21.2. The normalized spacial score (nSPS) is 24.9. The summed E-state index contributed by atoms with van der Waals surface area (Å²) in [6.45, 7) is 9.96. The molecule has 3 aliphatic rings. The number of carbonyl (C=O) groups is 2. The monoisotopic (exact) mass is 542 g/mol. The van der Waals surface area contributed by atoms with Gasteiger partial charge in [0.15, 0.2) is 0 Å². The summed E-state index contributed by atoms with van der Waals surface area (Å²) < 4.78 is 14.4. The molecule has 196 valence electrons. The number of hydrogen-bond donors (Lipinski definition) is 0. The van der Waals surface area contributed by atoms with Gasteiger partial charge in [-0.1, -0.05) is 29.8 Å². The van der Waals surface area contributed by atoms with Gasteiger partial charge in [0.2, 0.25) is 5.91 Å². The predicted octanol–water partition coefficient (Wildman–Crippen LogP) is 4.33. The highest BCUT2D eigenvalue weighted by atomic mass is 35.5. The van der Waals surface area contributed by atoms with Gasteiger partial charge in [0.1, 0.15) is 11.0 Å². The summed E-state index contributed by atoms with van der Waals surface area (Å²) in [7, 11) is -1.03. The van der Waals surface area contributed by atoms with Crippen molar-refractivity contribution in [3.8, 4) is 0 Å². The Bertz CT molecular complexity index is 865. The molecule has 10 heteroatoms. The van der Waals surface area contributed by atoms with Crippen molar-refractivity contribution in [3.05, 3.63) is 29.3 Å². The molecule has 1 aromatic rings. The van der Waals surface area contributed by atoms with Gasteiger partial charge in [-0.15, -0.1) is 0 Å². The van der Waals surface area contributed by atoms with Crippen LogP contribution in [-0.2, 0) is 15.8 Å². The van der Waals surface area contributed by atoms with Crippen molar-refractivity contribution in [3.63, 3.8) is 0 Å². The molecule has 3 saturated heterocycles. The average Bonchev–Trinajstić information content (AvgIpc) is 2.89. The molecule has 0 bridgehead atoms. The zero-order valence-corrected chi connectivity index (χ0v) is 23.5. The first-order chi connectivity index (χ1) is 16.8. The Kier molecular flexibility index (Phi) is 11.4. The van der Waals surface area contributed by atoms with E-state index in [1.165, 1.54) is 18.2 Å². The minimum Gasteiger partial charge on any atom is -0.340 e. The number of thioether (sulfide) groups is 1. The number of hydrogen-bond acceptors (Lipinski definition) is 5. The van der Waals surface area contributed by atoms with Crippen LogP contribution >= 0.6 is 23.4 Å². The number of amides is 2. The van der Waals surface area contributed by atoms with Crippen LogP contribution in [0.5, 0.6) is 0 Å². The van der Waals surface area contributed by atoms with Crippen LogP contribution in [0, 0.1) is 0 Å². The van der Waals surface area contributed by atoms with Gasteiger partial charge in [0.05, 0.1) is 4.90 Å². The highest BCUT2D eigenvalue weighted by Crippen LogP contribution is 2.23. The number of benzene rings is 1. The van der Waals surface area contributed by atoms with E-state index in [1.54, 1.807) is 19.1 Å². The van der Waals surface area contributed by atoms with Crippen molar-refractivity contribution in [1.29, 1.82) is 0 Å². The molecule has 1 aromatic carbocycles. The summed E-state index contributed by atoms with van der Waals surface area (Å²) in [6, 6.07) is 8.16. The minimum absolute atomic E-state index is 0.169. The van der Waals surface area contributed by atoms with Crippen LogP contribution in [0.25, 0.3) is 0 Å². The van der Waals surface area contributed by atoms with E-state index in [9.17, 15) is 13.8 Å². The van der Waals surface area contributed by atoms with Crippen molar-refractivity contribution in [2.24, 2.45) is 0 Å². The van der Waals surface area contributed by atoms with E-state index >= 15 is 0 Å². The lowest BCUT2D eigenvalue weighted by atomic mass is 10.0. The highest BCUT2D eigenvalue weighted by molar-refractivity contribution is 8.12. The summed E-state index contributed by atoms with van der Waals surface area (Å²) in [5, 5.41) is 0.875. The van der Waals surface area contributed by atoms with Crippen LogP contribution in [0.2, 0.25) is 5.02 Å². The molecule has 3 fully saturated rings. The number of piperidine rings is 2. The maximum atomic E-state index is 12.3. The third-order valence-electron chi connectivity index (χ3n) is 7.08. The molecule has 4 rings (SSSR count). The van der Waals surface area contributed by atoms with Gasteiger partial charge in [-0.3, -0.25) is 14.5 Å². The summed E-state index contributed by atoms with van der Waals surface area (Å²) in [5.74, 6) is 0.169. The molecule has 0 aromatic heterocycles. The van der Waals surface area contributed by atoms with Crippen molar-refractivity contribution in [2.75, 3.05) is 52.1 Å². The average molecular weight is 543 g/mol. The second kappa shape index (κ2) is 14.0. The first-order valence-electron chi connectivity index (χ1n) is 12.6. The van der Waals surface area contributed by atoms with Crippen molar-refractivity contribution in [2.45, 2.75) is 62.9 Å². The molecule has 3 atom stereocenters. The van der Waals surface area contributed by atoms with Crippen LogP contribution in [0.1, 0.15) is 46.0 Å². The molecule has 0 radical (unpaired) electrons. The number of halogens is 1. The third-order valence-corrected chi connectivity index (χ3v) is 9.58. The number of nitrogens with zero attached hydrogens (tertiary/aromatic N) is 4. The van der Waals surface area contributed by atoms with Gasteiger partial charge >= 0.3 is 0 Å². The largest absolute Gasteiger partial charge is 0.340 e. The van der Waals surface area contributed by atoms with E-state index in [4.69, 9.17) is 11.6 Å². The molecule has 7 nitrogen and oxygen atoms in total. The van der Waals surface area contributed by atoms with Gasteiger partial charge in [-0.05, 0) is 63.1 Å². The molecule has 0 aliphatic carbocycles. The van der Waals surface area contributed by atoms with Crippen LogP contribution in [0.15, 0.2) is 29.2 Å². The maximum absolute atomic E-state index is 12.3. The fourth-order valence-corrected chi connectivity index (χ4v) is 6.87. The molecule has 0 saturated carbocycles. The second-order valence-electron chi connectivity index (χ2n) is 9.44. The summed E-state index contributed by atoms with van der Waals surface area (Å²) >= 11 is 7.12. The van der Waals surface area contributed by atoms with Gasteiger partial charge < -0.3 is 9.80 Å². The number of likely N-dealkylation sites (tertiary alicyclic amines) is 1. The van der Waals surface area contributed by atoms with E-state index in [-0.39, 0.29) is 11.1 Å². The Morgan fingerprint density at radius 1 is 0.943 bits per heavy atom. The maximum Gasteiger partial charge on any atom is 0.281 e. The zero-order chi connectivity index (χ0) is 25.4. The fraction of sp³-hybridized carbons (Fsp3) is 0.680. The number of carbonyl (C=O) groups excluding carboxylic acids is 2. The second-order valence-corrected chi connectivity index (χ2v) is 12.1. The predicted molar refractivity (Wildman–Crippen MR) is 145 cm³/mol. The lowest BCUT2D eigenvalue weighted by molar-refractivity contribution is -0.131. The van der Waals surface area contributed by atoms with Crippen molar-refractivity contribution >= 4 is 45.5 Å². The Morgan fingerprint density at radius 2 is 1.63 bits per heavy atom. The smallest absolute Gasteiger partial charge is 0.281 e. The number of rotatable bonds is 3. The quantitative estimate of drug-likeness (QED) is 0.568. The Morgan fingerprint density at radius 3 is 2.23 bits per heavy atom. The molecule has 2 amide bonds. The first kappa shape index (κ1) is 28.4. The Balaban J connectivity index is 0.000000198. The van der Waals surface area contributed by atoms with E-state index in [0.29, 0.717) is 17.1 Å². The lowest BCUT2D eigenvalue weighted by Crippen LogP contribution is -2.56. The molecular formula is C25H39ClN4O3S2. The highest BCUT2D eigenvalue weighted by Gasteiger charge is 2.30. The molecule has 2 unspecified atom stereocenters. The van der Waals surface area contributed by atoms with Crippen LogP contribution in [0.4, 0.5) is 4.79 Å². The van der Waals surface area contributed by atoms with Crippen LogP contribution < -0.4 is 0 Å². The van der Waals surface area contributed by atoms with Crippen LogP contribution in [0.3, 0.4) is 0 Å². The summed E-state index contributed by atoms with van der Waals surface area (Å²) in [6.07, 6.45) is 7.62. The van der Waals surface area contributed by atoms with E-state index in [1.807, 2.05) is 28.2 Å². The molecule has 3 aliphatic heterocycles. The first-order valence-corrected chi connectivity index (χ1v) is 15.3. The van der Waals surface area contributed by atoms with E-state index in [2.05, 4.69) is 16.1 Å². The molecular weight excluding hydrogens is 504 g/mol. The summed E-state index contributed by atoms with van der Waals surface area (Å²) in [4.78, 5) is 30.2. The van der Waals surface area contributed by atoms with Gasteiger partial charge in [0.25, 0.3) is 5.24 Å². The molecule has 35 heavy (non-hydrogen) atoms. The van der Waals surface area contributed by atoms with E-state index < -0.39 is 11.0 Å². The van der Waals surface area contributed by atoms with Gasteiger partial charge in [0, 0.05) is 69.8 Å². The topological polar surface area (TPSA) is 64.2 Å². The SMILES string of the molecule is CSC(=O)N1CCCC(N2CCN(C(C)=O)CC2)C1.C[C@@H]1CCCCN1S(=O)c1ccc(Cl)cc1. The van der Waals surface area contributed by atoms with Crippen molar-refractivity contribution < 1.29 is 13.8 Å². The summed E-state index contributed by atoms with van der Waals surface area (Å²) in [5.41, 5.74) is 0. The standard InChI is InChI=1S/C13H23N3O2S.C12H16ClNOS/c1-11(17)14-6-8-15(9-7-14)12-4-3-5-16(10-12)13(18)19-2;1-10-4-2-3-9-14(10)16(15)12-7-5-11(13)6-8-12/h12H,3-10H2,1-2H3;5-8,10H,2-4,9H2,1H3/t;10-,16?/m.1/s1. The van der Waals surface area contributed by atoms with Crippen molar-refractivity contribution in [1.82, 2.24) is 19.0 Å². The lowest BCUT2D eigenvalue weighted by Gasteiger charge is -2.43. The van der Waals surface area contributed by atoms with Crippen LogP contribution in [-0.4, -0.2) is 98.5 Å². The Hall–Kier alpha value is -1.13. The molecule has 0 N–H and O–H groups in total. The van der Waals surface area contributed by atoms with Gasteiger partial charge in [-0.25, -0.2) is 8.51 Å². The molecule has 3 heterocycles. The number of piperazine rings is 1. The molecule has 0 spiro atoms. The van der Waals surface area contributed by atoms with Gasteiger partial charge in [-0.2, -0.15) is 0 Å². The fourth-order valence-electron chi connectivity index (χ4n) is 4.95. The Labute approximate surface area is 222 Å². The third kappa shape index (κ3) is 8.18. The minimum atomic E-state index is -1.03.